The van der Waals surface area contributed by atoms with Gasteiger partial charge in [-0.05, 0) is 36.7 Å². The average molecular weight is 264 g/mol. The highest BCUT2D eigenvalue weighted by molar-refractivity contribution is 6.30. The van der Waals surface area contributed by atoms with Gasteiger partial charge in [-0.25, -0.2) is 4.39 Å². The zero-order chi connectivity index (χ0) is 12.8. The van der Waals surface area contributed by atoms with Crippen molar-refractivity contribution in [2.24, 2.45) is 0 Å². The first-order chi connectivity index (χ1) is 8.75. The van der Waals surface area contributed by atoms with Crippen molar-refractivity contribution in [3.63, 3.8) is 0 Å². The Kier molecular flexibility index (Phi) is 4.73. The SMILES string of the molecule is Fc1ccccc1CNCCc1cccc(Cl)c1. The van der Waals surface area contributed by atoms with Crippen molar-refractivity contribution >= 4 is 11.6 Å². The van der Waals surface area contributed by atoms with Gasteiger partial charge in [-0.3, -0.25) is 0 Å². The lowest BCUT2D eigenvalue weighted by Crippen LogP contribution is -2.17. The first-order valence-electron chi connectivity index (χ1n) is 5.94. The second-order valence-electron chi connectivity index (χ2n) is 4.15. The zero-order valence-electron chi connectivity index (χ0n) is 10.00. The monoisotopic (exact) mass is 263 g/mol. The molecule has 1 N–H and O–H groups in total. The lowest BCUT2D eigenvalue weighted by molar-refractivity contribution is 0.588. The van der Waals surface area contributed by atoms with Crippen molar-refractivity contribution in [3.05, 3.63) is 70.5 Å². The van der Waals surface area contributed by atoms with E-state index in [0.717, 1.165) is 18.0 Å². The molecule has 0 amide bonds. The van der Waals surface area contributed by atoms with Crippen LogP contribution < -0.4 is 5.32 Å². The van der Waals surface area contributed by atoms with Gasteiger partial charge < -0.3 is 5.32 Å². The molecule has 2 rings (SSSR count). The van der Waals surface area contributed by atoms with Crippen molar-refractivity contribution in [3.8, 4) is 0 Å². The van der Waals surface area contributed by atoms with E-state index in [2.05, 4.69) is 5.32 Å². The summed E-state index contributed by atoms with van der Waals surface area (Å²) in [6, 6.07) is 14.6. The second kappa shape index (κ2) is 6.53. The molecule has 0 atom stereocenters. The molecule has 0 saturated heterocycles. The molecule has 1 nitrogen and oxygen atoms in total. The van der Waals surface area contributed by atoms with Crippen LogP contribution in [0.4, 0.5) is 4.39 Å². The molecule has 0 heterocycles. The highest BCUT2D eigenvalue weighted by Crippen LogP contribution is 2.11. The van der Waals surface area contributed by atoms with E-state index in [0.29, 0.717) is 12.1 Å². The molecule has 0 aliphatic rings. The first-order valence-corrected chi connectivity index (χ1v) is 6.32. The van der Waals surface area contributed by atoms with Crippen LogP contribution in [-0.4, -0.2) is 6.54 Å². The molecule has 18 heavy (non-hydrogen) atoms. The van der Waals surface area contributed by atoms with Crippen molar-refractivity contribution in [1.82, 2.24) is 5.32 Å². The van der Waals surface area contributed by atoms with Gasteiger partial charge in [0.1, 0.15) is 5.82 Å². The van der Waals surface area contributed by atoms with Crippen LogP contribution in [0, 0.1) is 5.82 Å². The van der Waals surface area contributed by atoms with Crippen molar-refractivity contribution in [2.75, 3.05) is 6.54 Å². The van der Waals surface area contributed by atoms with Gasteiger partial charge in [0.15, 0.2) is 0 Å². The van der Waals surface area contributed by atoms with Gasteiger partial charge in [-0.15, -0.1) is 0 Å². The van der Waals surface area contributed by atoms with Gasteiger partial charge in [0.05, 0.1) is 0 Å². The molecule has 94 valence electrons. The molecule has 0 fully saturated rings. The van der Waals surface area contributed by atoms with Gasteiger partial charge >= 0.3 is 0 Å². The Labute approximate surface area is 112 Å². The number of hydrogen-bond acceptors (Lipinski definition) is 1. The number of hydrogen-bond donors (Lipinski definition) is 1. The fraction of sp³-hybridized carbons (Fsp3) is 0.200. The number of nitrogens with one attached hydrogen (secondary N) is 1. The third-order valence-corrected chi connectivity index (χ3v) is 2.99. The Morgan fingerprint density at radius 3 is 2.67 bits per heavy atom. The van der Waals surface area contributed by atoms with Gasteiger partial charge in [-0.1, -0.05) is 41.9 Å². The predicted octanol–water partition coefficient (Wildman–Crippen LogP) is 3.81. The summed E-state index contributed by atoms with van der Waals surface area (Å²) >= 11 is 5.90. The standard InChI is InChI=1S/C15H15ClFN/c16-14-6-3-4-12(10-14)8-9-18-11-13-5-1-2-7-15(13)17/h1-7,10,18H,8-9,11H2. The summed E-state index contributed by atoms with van der Waals surface area (Å²) in [7, 11) is 0. The van der Waals surface area contributed by atoms with Crippen LogP contribution in [0.1, 0.15) is 11.1 Å². The summed E-state index contributed by atoms with van der Waals surface area (Å²) in [5, 5.41) is 3.98. The van der Waals surface area contributed by atoms with Gasteiger partial charge in [-0.2, -0.15) is 0 Å². The molecule has 0 radical (unpaired) electrons. The Morgan fingerprint density at radius 1 is 1.06 bits per heavy atom. The number of benzene rings is 2. The average Bonchev–Trinajstić information content (AvgIpc) is 2.37. The van der Waals surface area contributed by atoms with Crippen molar-refractivity contribution in [2.45, 2.75) is 13.0 Å². The summed E-state index contributed by atoms with van der Waals surface area (Å²) in [4.78, 5) is 0. The third-order valence-electron chi connectivity index (χ3n) is 2.75. The molecule has 3 heteroatoms. The Hall–Kier alpha value is -1.38. The van der Waals surface area contributed by atoms with E-state index in [1.165, 1.54) is 11.6 Å². The van der Waals surface area contributed by atoms with Crippen LogP contribution in [0.3, 0.4) is 0 Å². The summed E-state index contributed by atoms with van der Waals surface area (Å²) in [6.07, 6.45) is 0.884. The van der Waals surface area contributed by atoms with E-state index in [1.54, 1.807) is 12.1 Å². The summed E-state index contributed by atoms with van der Waals surface area (Å²) in [5.74, 6) is -0.159. The van der Waals surface area contributed by atoms with Gasteiger partial charge in [0.25, 0.3) is 0 Å². The number of rotatable bonds is 5. The maximum absolute atomic E-state index is 13.3. The van der Waals surface area contributed by atoms with Crippen LogP contribution >= 0.6 is 11.6 Å². The summed E-state index contributed by atoms with van der Waals surface area (Å²) in [6.45, 7) is 1.35. The first kappa shape index (κ1) is 13.1. The molecule has 0 bridgehead atoms. The normalized spacial score (nSPS) is 10.6. The van der Waals surface area contributed by atoms with Crippen molar-refractivity contribution in [1.29, 1.82) is 0 Å². The zero-order valence-corrected chi connectivity index (χ0v) is 10.8. The second-order valence-corrected chi connectivity index (χ2v) is 4.58. The largest absolute Gasteiger partial charge is 0.312 e. The van der Waals surface area contributed by atoms with Crippen molar-refractivity contribution < 1.29 is 4.39 Å². The van der Waals surface area contributed by atoms with E-state index in [-0.39, 0.29) is 5.82 Å². The van der Waals surface area contributed by atoms with Gasteiger partial charge in [0, 0.05) is 17.1 Å². The van der Waals surface area contributed by atoms with E-state index in [4.69, 9.17) is 11.6 Å². The summed E-state index contributed by atoms with van der Waals surface area (Å²) < 4.78 is 13.3. The molecule has 0 aliphatic heterocycles. The minimum atomic E-state index is -0.159. The maximum atomic E-state index is 13.3. The maximum Gasteiger partial charge on any atom is 0.127 e. The van der Waals surface area contributed by atoms with E-state index in [9.17, 15) is 4.39 Å². The van der Waals surface area contributed by atoms with Crippen LogP contribution in [-0.2, 0) is 13.0 Å². The van der Waals surface area contributed by atoms with Crippen LogP contribution in [0.2, 0.25) is 5.02 Å². The molecule has 0 saturated carbocycles. The molecule has 2 aromatic carbocycles. The molecule has 0 unspecified atom stereocenters. The minimum Gasteiger partial charge on any atom is -0.312 e. The lowest BCUT2D eigenvalue weighted by Gasteiger charge is -2.06. The van der Waals surface area contributed by atoms with Crippen LogP contribution in [0.25, 0.3) is 0 Å². The molecule has 0 spiro atoms. The molecule has 2 aromatic rings. The molecule has 0 aliphatic carbocycles. The predicted molar refractivity (Wildman–Crippen MR) is 73.3 cm³/mol. The smallest absolute Gasteiger partial charge is 0.127 e. The molecular formula is C15H15ClFN. The van der Waals surface area contributed by atoms with Gasteiger partial charge in [0.2, 0.25) is 0 Å². The fourth-order valence-electron chi connectivity index (χ4n) is 1.79. The Balaban J connectivity index is 1.78. The highest BCUT2D eigenvalue weighted by Gasteiger charge is 1.99. The third kappa shape index (κ3) is 3.83. The van der Waals surface area contributed by atoms with E-state index < -0.39 is 0 Å². The lowest BCUT2D eigenvalue weighted by atomic mass is 10.1. The summed E-state index contributed by atoms with van der Waals surface area (Å²) in [5.41, 5.74) is 1.88. The minimum absolute atomic E-state index is 0.159. The topological polar surface area (TPSA) is 12.0 Å². The fourth-order valence-corrected chi connectivity index (χ4v) is 2.00. The van der Waals surface area contributed by atoms with E-state index >= 15 is 0 Å². The highest BCUT2D eigenvalue weighted by atomic mass is 35.5. The molecular weight excluding hydrogens is 249 g/mol. The Bertz CT molecular complexity index is 513. The Morgan fingerprint density at radius 2 is 1.89 bits per heavy atom. The quantitative estimate of drug-likeness (QED) is 0.809. The van der Waals surface area contributed by atoms with E-state index in [1.807, 2.05) is 30.3 Å². The number of halogens is 2. The molecule has 0 aromatic heterocycles. The van der Waals surface area contributed by atoms with Crippen LogP contribution in [0.15, 0.2) is 48.5 Å². The van der Waals surface area contributed by atoms with Crippen LogP contribution in [0.5, 0.6) is 0 Å².